The van der Waals surface area contributed by atoms with E-state index in [9.17, 15) is 4.79 Å². The van der Waals surface area contributed by atoms with E-state index in [1.807, 2.05) is 32.0 Å². The number of halogens is 2. The fourth-order valence-electron chi connectivity index (χ4n) is 2.05. The Morgan fingerprint density at radius 3 is 2.45 bits per heavy atom. The average Bonchev–Trinajstić information content (AvgIpc) is 2.45. The third kappa shape index (κ3) is 4.02. The monoisotopic (exact) mass is 381 g/mol. The van der Waals surface area contributed by atoms with E-state index in [0.29, 0.717) is 15.2 Å². The van der Waals surface area contributed by atoms with Crippen LogP contribution in [0.5, 0.6) is 5.75 Å². The molecule has 2 rings (SSSR count). The van der Waals surface area contributed by atoms with Gasteiger partial charge < -0.3 is 10.1 Å². The van der Waals surface area contributed by atoms with E-state index in [-0.39, 0.29) is 5.91 Å². The van der Waals surface area contributed by atoms with Crippen LogP contribution in [0.3, 0.4) is 0 Å². The Bertz CT molecular complexity index is 683. The molecule has 0 bridgehead atoms. The predicted molar refractivity (Wildman–Crippen MR) is 93.8 cm³/mol. The number of nitrogens with one attached hydrogen (secondary N) is 1. The Balaban J connectivity index is 2.09. The van der Waals surface area contributed by atoms with Gasteiger partial charge in [0.15, 0.2) is 6.10 Å². The number of benzene rings is 2. The molecule has 116 valence electrons. The van der Waals surface area contributed by atoms with Crippen molar-refractivity contribution in [3.63, 3.8) is 0 Å². The summed E-state index contributed by atoms with van der Waals surface area (Å²) in [5, 5.41) is 3.53. The number of rotatable bonds is 4. The first-order valence-corrected chi connectivity index (χ1v) is 8.04. The lowest BCUT2D eigenvalue weighted by molar-refractivity contribution is -0.122. The third-order valence-electron chi connectivity index (χ3n) is 3.30. The van der Waals surface area contributed by atoms with E-state index in [2.05, 4.69) is 21.2 Å². The number of hydrogen-bond acceptors (Lipinski definition) is 2. The highest BCUT2D eigenvalue weighted by Crippen LogP contribution is 2.29. The van der Waals surface area contributed by atoms with Gasteiger partial charge in [-0.1, -0.05) is 29.8 Å². The van der Waals surface area contributed by atoms with Crippen molar-refractivity contribution in [2.75, 3.05) is 5.32 Å². The number of anilines is 1. The molecule has 0 heterocycles. The van der Waals surface area contributed by atoms with Crippen molar-refractivity contribution in [2.24, 2.45) is 0 Å². The number of carbonyl (C=O) groups excluding carboxylic acids is 1. The summed E-state index contributed by atoms with van der Waals surface area (Å²) in [5.41, 5.74) is 2.87. The Hall–Kier alpha value is -1.52. The van der Waals surface area contributed by atoms with Crippen LogP contribution in [-0.2, 0) is 4.79 Å². The van der Waals surface area contributed by atoms with E-state index in [4.69, 9.17) is 16.3 Å². The number of ether oxygens (including phenoxy) is 1. The summed E-state index contributed by atoms with van der Waals surface area (Å²) in [4.78, 5) is 12.3. The van der Waals surface area contributed by atoms with E-state index >= 15 is 0 Å². The van der Waals surface area contributed by atoms with Crippen molar-refractivity contribution in [2.45, 2.75) is 26.9 Å². The zero-order valence-electron chi connectivity index (χ0n) is 12.6. The van der Waals surface area contributed by atoms with Crippen LogP contribution < -0.4 is 10.1 Å². The smallest absolute Gasteiger partial charge is 0.265 e. The van der Waals surface area contributed by atoms with Crippen LogP contribution in [0.2, 0.25) is 5.02 Å². The highest BCUT2D eigenvalue weighted by Gasteiger charge is 2.17. The molecule has 0 saturated carbocycles. The number of carbonyl (C=O) groups is 1. The van der Waals surface area contributed by atoms with Gasteiger partial charge in [0.2, 0.25) is 0 Å². The molecule has 2 aromatic carbocycles. The summed E-state index contributed by atoms with van der Waals surface area (Å²) in [6.07, 6.45) is -0.628. The second kappa shape index (κ2) is 7.16. The first kappa shape index (κ1) is 16.8. The quantitative estimate of drug-likeness (QED) is 0.796. The second-order valence-corrected chi connectivity index (χ2v) is 6.38. The predicted octanol–water partition coefficient (Wildman–Crippen LogP) is 5.13. The third-order valence-corrected chi connectivity index (χ3v) is 4.15. The largest absolute Gasteiger partial charge is 0.480 e. The molecule has 0 aliphatic carbocycles. The van der Waals surface area contributed by atoms with Crippen molar-refractivity contribution in [3.05, 3.63) is 57.0 Å². The topological polar surface area (TPSA) is 38.3 Å². The van der Waals surface area contributed by atoms with Gasteiger partial charge in [0.1, 0.15) is 5.75 Å². The standard InChI is InChI=1S/C17H17BrClNO2/c1-10-5-4-6-11(2)16(10)20-17(21)12(3)22-15-8-7-13(19)9-14(15)18/h4-9,12H,1-3H3,(H,20,21)/t12-/m1/s1. The minimum atomic E-state index is -0.628. The van der Waals surface area contributed by atoms with Crippen LogP contribution in [0.4, 0.5) is 5.69 Å². The van der Waals surface area contributed by atoms with Crippen LogP contribution in [0.1, 0.15) is 18.1 Å². The Kier molecular flexibility index (Phi) is 5.48. The molecule has 0 aliphatic rings. The van der Waals surface area contributed by atoms with Gasteiger partial charge in [-0.05, 0) is 66.0 Å². The van der Waals surface area contributed by atoms with Gasteiger partial charge in [0.05, 0.1) is 4.47 Å². The molecule has 0 aromatic heterocycles. The van der Waals surface area contributed by atoms with Crippen LogP contribution in [0.25, 0.3) is 0 Å². The van der Waals surface area contributed by atoms with Crippen LogP contribution in [-0.4, -0.2) is 12.0 Å². The summed E-state index contributed by atoms with van der Waals surface area (Å²) >= 11 is 9.27. The van der Waals surface area contributed by atoms with Gasteiger partial charge in [-0.2, -0.15) is 0 Å². The molecular formula is C17H17BrClNO2. The lowest BCUT2D eigenvalue weighted by Crippen LogP contribution is -2.30. The molecule has 0 unspecified atom stereocenters. The lowest BCUT2D eigenvalue weighted by atomic mass is 10.1. The maximum Gasteiger partial charge on any atom is 0.265 e. The fraction of sp³-hybridized carbons (Fsp3) is 0.235. The average molecular weight is 383 g/mol. The van der Waals surface area contributed by atoms with Crippen LogP contribution in [0, 0.1) is 13.8 Å². The van der Waals surface area contributed by atoms with Gasteiger partial charge in [-0.15, -0.1) is 0 Å². The summed E-state index contributed by atoms with van der Waals surface area (Å²) in [5.74, 6) is 0.382. The molecule has 0 radical (unpaired) electrons. The first-order valence-electron chi connectivity index (χ1n) is 6.87. The Morgan fingerprint density at radius 2 is 1.86 bits per heavy atom. The highest BCUT2D eigenvalue weighted by molar-refractivity contribution is 9.10. The molecule has 1 atom stereocenters. The van der Waals surface area contributed by atoms with E-state index < -0.39 is 6.10 Å². The summed E-state index contributed by atoms with van der Waals surface area (Å²) in [6, 6.07) is 11.1. The molecule has 0 spiro atoms. The molecule has 3 nitrogen and oxygen atoms in total. The highest BCUT2D eigenvalue weighted by atomic mass is 79.9. The normalized spacial score (nSPS) is 11.9. The van der Waals surface area contributed by atoms with Gasteiger partial charge in [0, 0.05) is 10.7 Å². The van der Waals surface area contributed by atoms with Gasteiger partial charge >= 0.3 is 0 Å². The summed E-state index contributed by atoms with van der Waals surface area (Å²) in [7, 11) is 0. The SMILES string of the molecule is Cc1cccc(C)c1NC(=O)[C@@H](C)Oc1ccc(Cl)cc1Br. The number of para-hydroxylation sites is 1. The molecule has 2 aromatic rings. The van der Waals surface area contributed by atoms with Crippen molar-refractivity contribution >= 4 is 39.1 Å². The lowest BCUT2D eigenvalue weighted by Gasteiger charge is -2.17. The van der Waals surface area contributed by atoms with Crippen molar-refractivity contribution in [1.29, 1.82) is 0 Å². The molecule has 0 aliphatic heterocycles. The molecule has 1 amide bonds. The Morgan fingerprint density at radius 1 is 1.23 bits per heavy atom. The first-order chi connectivity index (χ1) is 10.4. The minimum absolute atomic E-state index is 0.195. The number of aryl methyl sites for hydroxylation is 2. The molecule has 0 saturated heterocycles. The van der Waals surface area contributed by atoms with E-state index in [1.165, 1.54) is 0 Å². The van der Waals surface area contributed by atoms with Gasteiger partial charge in [-0.25, -0.2) is 0 Å². The molecule has 5 heteroatoms. The maximum atomic E-state index is 12.3. The van der Waals surface area contributed by atoms with Crippen molar-refractivity contribution in [3.8, 4) is 5.75 Å². The van der Waals surface area contributed by atoms with Gasteiger partial charge in [0.25, 0.3) is 5.91 Å². The zero-order valence-corrected chi connectivity index (χ0v) is 15.0. The van der Waals surface area contributed by atoms with Crippen molar-refractivity contribution < 1.29 is 9.53 Å². The molecule has 1 N–H and O–H groups in total. The van der Waals surface area contributed by atoms with Crippen molar-refractivity contribution in [1.82, 2.24) is 0 Å². The van der Waals surface area contributed by atoms with Crippen LogP contribution >= 0.6 is 27.5 Å². The number of hydrogen-bond donors (Lipinski definition) is 1. The van der Waals surface area contributed by atoms with Gasteiger partial charge in [-0.3, -0.25) is 4.79 Å². The van der Waals surface area contributed by atoms with Crippen LogP contribution in [0.15, 0.2) is 40.9 Å². The fourth-order valence-corrected chi connectivity index (χ4v) is 2.83. The molecule has 0 fully saturated rings. The molecule has 22 heavy (non-hydrogen) atoms. The minimum Gasteiger partial charge on any atom is -0.480 e. The molecular weight excluding hydrogens is 366 g/mol. The summed E-state index contributed by atoms with van der Waals surface area (Å²) in [6.45, 7) is 5.64. The number of amides is 1. The maximum absolute atomic E-state index is 12.3. The second-order valence-electron chi connectivity index (χ2n) is 5.09. The van der Waals surface area contributed by atoms with E-state index in [0.717, 1.165) is 16.8 Å². The Labute approximate surface area is 143 Å². The zero-order chi connectivity index (χ0) is 16.3. The summed E-state index contributed by atoms with van der Waals surface area (Å²) < 4.78 is 6.41. The van der Waals surface area contributed by atoms with E-state index in [1.54, 1.807) is 25.1 Å².